The average molecular weight is 299 g/mol. The summed E-state index contributed by atoms with van der Waals surface area (Å²) in [6, 6.07) is 5.39. The molecule has 0 aliphatic carbocycles. The first kappa shape index (κ1) is 14.4. The first-order valence-corrected chi connectivity index (χ1v) is 7.02. The maximum absolute atomic E-state index is 6.15. The monoisotopic (exact) mass is 298 g/mol. The zero-order valence-corrected chi connectivity index (χ0v) is 12.4. The Hall–Kier alpha value is -1.03. The quantitative estimate of drug-likeness (QED) is 0.869. The van der Waals surface area contributed by atoms with E-state index >= 15 is 0 Å². The van der Waals surface area contributed by atoms with Gasteiger partial charge in [-0.1, -0.05) is 30.1 Å². The van der Waals surface area contributed by atoms with Crippen molar-refractivity contribution in [1.29, 1.82) is 0 Å². The number of aromatic nitrogens is 1. The van der Waals surface area contributed by atoms with Crippen LogP contribution in [-0.4, -0.2) is 11.5 Å². The van der Waals surface area contributed by atoms with Gasteiger partial charge < -0.3 is 9.73 Å². The van der Waals surface area contributed by atoms with Crippen molar-refractivity contribution in [3.05, 3.63) is 40.3 Å². The van der Waals surface area contributed by atoms with Gasteiger partial charge in [0.05, 0.1) is 17.3 Å². The Kier molecular flexibility index (Phi) is 4.86. The molecule has 1 aromatic heterocycles. The third-order valence-corrected chi connectivity index (χ3v) is 3.34. The van der Waals surface area contributed by atoms with E-state index in [0.29, 0.717) is 21.7 Å². The second kappa shape index (κ2) is 6.42. The summed E-state index contributed by atoms with van der Waals surface area (Å²) < 4.78 is 5.75. The van der Waals surface area contributed by atoms with E-state index in [2.05, 4.69) is 17.2 Å². The molecule has 1 heterocycles. The van der Waals surface area contributed by atoms with Gasteiger partial charge in [0.2, 0.25) is 5.89 Å². The summed E-state index contributed by atoms with van der Waals surface area (Å²) in [6.07, 6.45) is 2.76. The number of benzene rings is 1. The standard InChI is InChI=1S/C14H16Cl2N2O/c1-3-6-17-9(2)14-18-8-13(19-14)11-5-4-10(15)7-12(11)16/h4-5,7-9,17H,3,6H2,1-2H3. The molecule has 0 aliphatic heterocycles. The zero-order chi connectivity index (χ0) is 13.8. The topological polar surface area (TPSA) is 38.1 Å². The lowest BCUT2D eigenvalue weighted by Gasteiger charge is -2.08. The zero-order valence-electron chi connectivity index (χ0n) is 10.9. The van der Waals surface area contributed by atoms with Crippen molar-refractivity contribution >= 4 is 23.2 Å². The summed E-state index contributed by atoms with van der Waals surface area (Å²) in [5.41, 5.74) is 0.799. The number of rotatable bonds is 5. The van der Waals surface area contributed by atoms with E-state index in [4.69, 9.17) is 27.6 Å². The normalized spacial score (nSPS) is 12.6. The van der Waals surface area contributed by atoms with Gasteiger partial charge >= 0.3 is 0 Å². The number of oxazole rings is 1. The summed E-state index contributed by atoms with van der Waals surface area (Å²) in [5.74, 6) is 1.32. The fourth-order valence-corrected chi connectivity index (χ4v) is 2.25. The van der Waals surface area contributed by atoms with Crippen LogP contribution in [-0.2, 0) is 0 Å². The third-order valence-electron chi connectivity index (χ3n) is 2.79. The minimum absolute atomic E-state index is 0.0831. The molecule has 0 bridgehead atoms. The van der Waals surface area contributed by atoms with Gasteiger partial charge in [-0.3, -0.25) is 0 Å². The van der Waals surface area contributed by atoms with Crippen LogP contribution in [0.3, 0.4) is 0 Å². The van der Waals surface area contributed by atoms with Crippen LogP contribution in [0.15, 0.2) is 28.8 Å². The molecule has 1 unspecified atom stereocenters. The SMILES string of the molecule is CCCNC(C)c1ncc(-c2ccc(Cl)cc2Cl)o1. The Bertz CT molecular complexity index is 554. The molecule has 1 aromatic carbocycles. The maximum atomic E-state index is 6.15. The van der Waals surface area contributed by atoms with E-state index in [0.717, 1.165) is 18.5 Å². The average Bonchev–Trinajstić information content (AvgIpc) is 2.85. The van der Waals surface area contributed by atoms with Gasteiger partial charge in [-0.2, -0.15) is 0 Å². The van der Waals surface area contributed by atoms with Crippen molar-refractivity contribution in [2.75, 3.05) is 6.54 Å². The Morgan fingerprint density at radius 1 is 1.37 bits per heavy atom. The van der Waals surface area contributed by atoms with Gasteiger partial charge in [-0.15, -0.1) is 0 Å². The number of halogens is 2. The summed E-state index contributed by atoms with van der Waals surface area (Å²) >= 11 is 12.0. The predicted octanol–water partition coefficient (Wildman–Crippen LogP) is 4.71. The second-order valence-corrected chi connectivity index (χ2v) is 5.21. The number of hydrogen-bond donors (Lipinski definition) is 1. The van der Waals surface area contributed by atoms with Crippen molar-refractivity contribution in [3.63, 3.8) is 0 Å². The van der Waals surface area contributed by atoms with Gasteiger partial charge in [-0.25, -0.2) is 4.98 Å². The lowest BCUT2D eigenvalue weighted by molar-refractivity contribution is 0.423. The van der Waals surface area contributed by atoms with Gasteiger partial charge in [0.1, 0.15) is 0 Å². The third kappa shape index (κ3) is 3.50. The highest BCUT2D eigenvalue weighted by atomic mass is 35.5. The molecule has 0 spiro atoms. The molecular weight excluding hydrogens is 283 g/mol. The van der Waals surface area contributed by atoms with E-state index < -0.39 is 0 Å². The molecular formula is C14H16Cl2N2O. The summed E-state index contributed by atoms with van der Waals surface area (Å²) in [5, 5.41) is 4.49. The van der Waals surface area contributed by atoms with Crippen molar-refractivity contribution in [1.82, 2.24) is 10.3 Å². The lowest BCUT2D eigenvalue weighted by atomic mass is 10.2. The minimum atomic E-state index is 0.0831. The molecule has 2 aromatic rings. The number of nitrogens with one attached hydrogen (secondary N) is 1. The minimum Gasteiger partial charge on any atom is -0.439 e. The smallest absolute Gasteiger partial charge is 0.211 e. The highest BCUT2D eigenvalue weighted by Crippen LogP contribution is 2.31. The molecule has 0 saturated heterocycles. The molecule has 1 N–H and O–H groups in total. The van der Waals surface area contributed by atoms with E-state index in [1.165, 1.54) is 0 Å². The van der Waals surface area contributed by atoms with Crippen LogP contribution in [0.2, 0.25) is 10.0 Å². The molecule has 2 rings (SSSR count). The van der Waals surface area contributed by atoms with Crippen molar-refractivity contribution < 1.29 is 4.42 Å². The molecule has 0 amide bonds. The van der Waals surface area contributed by atoms with Crippen molar-refractivity contribution in [2.45, 2.75) is 26.3 Å². The summed E-state index contributed by atoms with van der Waals surface area (Å²) in [7, 11) is 0. The second-order valence-electron chi connectivity index (χ2n) is 4.36. The first-order valence-electron chi connectivity index (χ1n) is 6.26. The molecule has 5 heteroatoms. The Morgan fingerprint density at radius 2 is 2.16 bits per heavy atom. The molecule has 19 heavy (non-hydrogen) atoms. The fraction of sp³-hybridized carbons (Fsp3) is 0.357. The van der Waals surface area contributed by atoms with Crippen molar-refractivity contribution in [2.24, 2.45) is 0 Å². The molecule has 102 valence electrons. The predicted molar refractivity (Wildman–Crippen MR) is 78.7 cm³/mol. The van der Waals surface area contributed by atoms with Crippen LogP contribution in [0.5, 0.6) is 0 Å². The Labute approximate surface area is 122 Å². The van der Waals surface area contributed by atoms with Gasteiger partial charge in [0.15, 0.2) is 5.76 Å². The van der Waals surface area contributed by atoms with Crippen LogP contribution in [0.25, 0.3) is 11.3 Å². The Morgan fingerprint density at radius 3 is 2.84 bits per heavy atom. The van der Waals surface area contributed by atoms with Crippen LogP contribution >= 0.6 is 23.2 Å². The van der Waals surface area contributed by atoms with Crippen LogP contribution in [0.1, 0.15) is 32.2 Å². The largest absolute Gasteiger partial charge is 0.439 e. The number of hydrogen-bond acceptors (Lipinski definition) is 3. The highest BCUT2D eigenvalue weighted by molar-refractivity contribution is 6.36. The van der Waals surface area contributed by atoms with Crippen LogP contribution in [0, 0.1) is 0 Å². The van der Waals surface area contributed by atoms with Crippen LogP contribution in [0.4, 0.5) is 0 Å². The van der Waals surface area contributed by atoms with E-state index in [1.807, 2.05) is 13.0 Å². The molecule has 3 nitrogen and oxygen atoms in total. The first-order chi connectivity index (χ1) is 9.11. The van der Waals surface area contributed by atoms with Crippen molar-refractivity contribution in [3.8, 4) is 11.3 Å². The lowest BCUT2D eigenvalue weighted by Crippen LogP contribution is -2.19. The highest BCUT2D eigenvalue weighted by Gasteiger charge is 2.14. The molecule has 0 aliphatic rings. The Balaban J connectivity index is 2.20. The van der Waals surface area contributed by atoms with E-state index in [-0.39, 0.29) is 6.04 Å². The van der Waals surface area contributed by atoms with Crippen LogP contribution < -0.4 is 5.32 Å². The maximum Gasteiger partial charge on any atom is 0.211 e. The van der Waals surface area contributed by atoms with E-state index in [1.54, 1.807) is 18.3 Å². The summed E-state index contributed by atoms with van der Waals surface area (Å²) in [4.78, 5) is 4.29. The van der Waals surface area contributed by atoms with Gasteiger partial charge in [-0.05, 0) is 38.1 Å². The van der Waals surface area contributed by atoms with E-state index in [9.17, 15) is 0 Å². The molecule has 0 radical (unpaired) electrons. The fourth-order valence-electron chi connectivity index (χ4n) is 1.75. The molecule has 0 saturated carbocycles. The van der Waals surface area contributed by atoms with Gasteiger partial charge in [0, 0.05) is 10.6 Å². The molecule has 0 fully saturated rings. The molecule has 1 atom stereocenters. The number of nitrogens with zero attached hydrogens (tertiary/aromatic N) is 1. The summed E-state index contributed by atoms with van der Waals surface area (Å²) in [6.45, 7) is 5.07. The van der Waals surface area contributed by atoms with Gasteiger partial charge in [0.25, 0.3) is 0 Å².